The highest BCUT2D eigenvalue weighted by Crippen LogP contribution is 2.35. The van der Waals surface area contributed by atoms with E-state index in [9.17, 15) is 38.1 Å². The van der Waals surface area contributed by atoms with Crippen LogP contribution in [0, 0.1) is 0 Å². The van der Waals surface area contributed by atoms with Gasteiger partial charge >= 0.3 is 12.1 Å². The van der Waals surface area contributed by atoms with Crippen molar-refractivity contribution in [1.82, 2.24) is 5.32 Å². The summed E-state index contributed by atoms with van der Waals surface area (Å²) in [5, 5.41) is 32.2. The fraction of sp³-hybridized carbons (Fsp3) is 0.125. The number of nitrogens with one attached hydrogen (secondary N) is 2. The van der Waals surface area contributed by atoms with Gasteiger partial charge in [-0.25, -0.2) is 0 Å². The molecular formula is C16H13F3N2O5. The van der Waals surface area contributed by atoms with Gasteiger partial charge in [-0.3, -0.25) is 9.59 Å². The molecule has 0 aliphatic carbocycles. The average molecular weight is 370 g/mol. The molecular weight excluding hydrogens is 357 g/mol. The van der Waals surface area contributed by atoms with Gasteiger partial charge in [0.15, 0.2) is 17.2 Å². The monoisotopic (exact) mass is 370 g/mol. The Hall–Kier alpha value is -3.43. The minimum atomic E-state index is -4.96. The topological polar surface area (TPSA) is 119 Å². The number of anilines is 1. The van der Waals surface area contributed by atoms with E-state index in [2.05, 4.69) is 5.32 Å². The second-order valence-electron chi connectivity index (χ2n) is 5.19. The molecule has 0 fully saturated rings. The molecule has 2 amide bonds. The summed E-state index contributed by atoms with van der Waals surface area (Å²) in [6, 6.07) is 7.49. The molecule has 0 bridgehead atoms. The van der Waals surface area contributed by atoms with Crippen LogP contribution in [0.1, 0.15) is 15.9 Å². The van der Waals surface area contributed by atoms with Gasteiger partial charge in [0.25, 0.3) is 5.91 Å². The number of hydrogen-bond acceptors (Lipinski definition) is 5. The number of rotatable bonds is 4. The summed E-state index contributed by atoms with van der Waals surface area (Å²) in [5.74, 6) is -4.86. The standard InChI is InChI=1S/C16H13F3N2O5/c17-16(18,19)15(26)20-7-8-1-3-10(4-2-8)21-14(25)9-5-11(22)13(24)12(23)6-9/h1-6,22-24H,7H2,(H,20,26)(H,21,25). The number of carbonyl (C=O) groups excluding carboxylic acids is 2. The van der Waals surface area contributed by atoms with E-state index in [-0.39, 0.29) is 17.8 Å². The first-order chi connectivity index (χ1) is 12.1. The predicted octanol–water partition coefficient (Wildman–Crippen LogP) is 2.23. The van der Waals surface area contributed by atoms with Crippen molar-refractivity contribution < 1.29 is 38.1 Å². The zero-order valence-electron chi connectivity index (χ0n) is 13.0. The van der Waals surface area contributed by atoms with E-state index >= 15 is 0 Å². The summed E-state index contributed by atoms with van der Waals surface area (Å²) >= 11 is 0. The van der Waals surface area contributed by atoms with Gasteiger partial charge in [0.1, 0.15) is 0 Å². The van der Waals surface area contributed by atoms with Crippen molar-refractivity contribution in [3.8, 4) is 17.2 Å². The van der Waals surface area contributed by atoms with Crippen molar-refractivity contribution in [2.45, 2.75) is 12.7 Å². The number of benzene rings is 2. The Morgan fingerprint density at radius 2 is 1.50 bits per heavy atom. The van der Waals surface area contributed by atoms with Crippen molar-refractivity contribution in [3.05, 3.63) is 47.5 Å². The normalized spacial score (nSPS) is 11.0. The number of hydrogen-bond donors (Lipinski definition) is 5. The van der Waals surface area contributed by atoms with Gasteiger partial charge < -0.3 is 26.0 Å². The minimum absolute atomic E-state index is 0.126. The van der Waals surface area contributed by atoms with Crippen LogP contribution in [0.25, 0.3) is 0 Å². The highest BCUT2D eigenvalue weighted by atomic mass is 19.4. The van der Waals surface area contributed by atoms with E-state index in [0.29, 0.717) is 5.56 Å². The molecule has 0 radical (unpaired) electrons. The third-order valence-electron chi connectivity index (χ3n) is 3.25. The summed E-state index contributed by atoms with van der Waals surface area (Å²) in [6.07, 6.45) is -4.96. The fourth-order valence-electron chi connectivity index (χ4n) is 1.93. The van der Waals surface area contributed by atoms with Crippen LogP contribution < -0.4 is 10.6 Å². The highest BCUT2D eigenvalue weighted by Gasteiger charge is 2.38. The minimum Gasteiger partial charge on any atom is -0.504 e. The predicted molar refractivity (Wildman–Crippen MR) is 83.7 cm³/mol. The van der Waals surface area contributed by atoms with Crippen molar-refractivity contribution in [2.75, 3.05) is 5.32 Å². The number of halogens is 3. The molecule has 0 saturated heterocycles. The van der Waals surface area contributed by atoms with Gasteiger partial charge in [-0.1, -0.05) is 12.1 Å². The van der Waals surface area contributed by atoms with E-state index < -0.39 is 35.2 Å². The smallest absolute Gasteiger partial charge is 0.471 e. The lowest BCUT2D eigenvalue weighted by atomic mass is 10.1. The molecule has 2 aromatic carbocycles. The van der Waals surface area contributed by atoms with Crippen LogP contribution in [0.15, 0.2) is 36.4 Å². The summed E-state index contributed by atoms with van der Waals surface area (Å²) in [5.41, 5.74) is 0.535. The van der Waals surface area contributed by atoms with Crippen LogP contribution in [0.4, 0.5) is 18.9 Å². The van der Waals surface area contributed by atoms with Gasteiger partial charge in [0.05, 0.1) is 0 Å². The Bertz CT molecular complexity index is 812. The van der Waals surface area contributed by atoms with Gasteiger partial charge in [-0.2, -0.15) is 13.2 Å². The molecule has 10 heteroatoms. The second kappa shape index (κ2) is 7.21. The largest absolute Gasteiger partial charge is 0.504 e. The van der Waals surface area contributed by atoms with Crippen LogP contribution in [0.3, 0.4) is 0 Å². The van der Waals surface area contributed by atoms with Crippen LogP contribution in [0.2, 0.25) is 0 Å². The molecule has 0 unspecified atom stereocenters. The zero-order chi connectivity index (χ0) is 19.5. The number of amides is 2. The molecule has 0 aliphatic heterocycles. The first-order valence-corrected chi connectivity index (χ1v) is 7.08. The first-order valence-electron chi connectivity index (χ1n) is 7.08. The van der Waals surface area contributed by atoms with Crippen molar-refractivity contribution >= 4 is 17.5 Å². The molecule has 5 N–H and O–H groups in total. The number of alkyl halides is 3. The maximum absolute atomic E-state index is 12.1. The molecule has 0 aliphatic rings. The maximum atomic E-state index is 12.1. The SMILES string of the molecule is O=C(Nc1ccc(CNC(=O)C(F)(F)F)cc1)c1cc(O)c(O)c(O)c1. The van der Waals surface area contributed by atoms with Crippen molar-refractivity contribution in [1.29, 1.82) is 0 Å². The van der Waals surface area contributed by atoms with E-state index in [1.54, 1.807) is 5.32 Å². The fourth-order valence-corrected chi connectivity index (χ4v) is 1.93. The summed E-state index contributed by atoms with van der Waals surface area (Å²) in [4.78, 5) is 22.8. The van der Waals surface area contributed by atoms with Gasteiger partial charge in [-0.05, 0) is 29.8 Å². The number of phenols is 3. The Morgan fingerprint density at radius 1 is 0.962 bits per heavy atom. The molecule has 2 aromatic rings. The number of phenolic OH excluding ortho intramolecular Hbond substituents is 3. The quantitative estimate of drug-likeness (QED) is 0.529. The second-order valence-corrected chi connectivity index (χ2v) is 5.19. The molecule has 0 atom stereocenters. The zero-order valence-corrected chi connectivity index (χ0v) is 13.0. The number of carbonyl (C=O) groups is 2. The van der Waals surface area contributed by atoms with Gasteiger partial charge in [0, 0.05) is 17.8 Å². The Labute approximate surface area is 144 Å². The first kappa shape index (κ1) is 18.9. The molecule has 7 nitrogen and oxygen atoms in total. The lowest BCUT2D eigenvalue weighted by molar-refractivity contribution is -0.173. The van der Waals surface area contributed by atoms with Crippen molar-refractivity contribution in [3.63, 3.8) is 0 Å². The van der Waals surface area contributed by atoms with Crippen LogP contribution in [0.5, 0.6) is 17.2 Å². The molecule has 0 heterocycles. The van der Waals surface area contributed by atoms with Crippen LogP contribution in [-0.2, 0) is 11.3 Å². The maximum Gasteiger partial charge on any atom is 0.471 e. The Morgan fingerprint density at radius 3 is 2.00 bits per heavy atom. The number of aromatic hydroxyl groups is 3. The average Bonchev–Trinajstić information content (AvgIpc) is 2.57. The summed E-state index contributed by atoms with van der Waals surface area (Å²) in [7, 11) is 0. The molecule has 0 saturated carbocycles. The Kier molecular flexibility index (Phi) is 5.24. The van der Waals surface area contributed by atoms with Crippen LogP contribution in [-0.4, -0.2) is 33.3 Å². The van der Waals surface area contributed by atoms with E-state index in [4.69, 9.17) is 0 Å². The molecule has 2 rings (SSSR count). The Balaban J connectivity index is 2.01. The van der Waals surface area contributed by atoms with Crippen LogP contribution >= 0.6 is 0 Å². The third kappa shape index (κ3) is 4.56. The highest BCUT2D eigenvalue weighted by molar-refractivity contribution is 6.05. The lowest BCUT2D eigenvalue weighted by Crippen LogP contribution is -2.36. The summed E-state index contributed by atoms with van der Waals surface area (Å²) < 4.78 is 36.3. The van der Waals surface area contributed by atoms with E-state index in [0.717, 1.165) is 12.1 Å². The van der Waals surface area contributed by atoms with Crippen molar-refractivity contribution in [2.24, 2.45) is 0 Å². The van der Waals surface area contributed by atoms with E-state index in [1.165, 1.54) is 24.3 Å². The third-order valence-corrected chi connectivity index (χ3v) is 3.25. The molecule has 26 heavy (non-hydrogen) atoms. The lowest BCUT2D eigenvalue weighted by Gasteiger charge is -2.10. The summed E-state index contributed by atoms with van der Waals surface area (Å²) in [6.45, 7) is -0.341. The van der Waals surface area contributed by atoms with Gasteiger partial charge in [0.2, 0.25) is 0 Å². The van der Waals surface area contributed by atoms with Gasteiger partial charge in [-0.15, -0.1) is 0 Å². The molecule has 0 aromatic heterocycles. The molecule has 0 spiro atoms. The van der Waals surface area contributed by atoms with E-state index in [1.807, 2.05) is 0 Å². The molecule has 138 valence electrons.